The van der Waals surface area contributed by atoms with E-state index in [0.29, 0.717) is 11.8 Å². The number of aromatic nitrogens is 4. The zero-order valence-corrected chi connectivity index (χ0v) is 18.0. The van der Waals surface area contributed by atoms with Crippen LogP contribution >= 0.6 is 0 Å². The normalized spacial score (nSPS) is 11.2. The minimum absolute atomic E-state index is 0.199. The van der Waals surface area contributed by atoms with E-state index in [1.807, 2.05) is 47.9 Å². The van der Waals surface area contributed by atoms with Crippen LogP contribution in [0, 0.1) is 6.92 Å². The summed E-state index contributed by atoms with van der Waals surface area (Å²) in [6.07, 6.45) is 2.73. The maximum Gasteiger partial charge on any atom is 0.239 e. The van der Waals surface area contributed by atoms with Crippen molar-refractivity contribution in [3.05, 3.63) is 60.4 Å². The molecule has 0 bridgehead atoms. The molecule has 0 atom stereocenters. The molecule has 4 rings (SSSR count). The number of nitrogens with zero attached hydrogens (tertiary/aromatic N) is 5. The van der Waals surface area contributed by atoms with E-state index >= 15 is 0 Å². The molecule has 0 saturated heterocycles. The summed E-state index contributed by atoms with van der Waals surface area (Å²) in [5.41, 5.74) is 3.62. The summed E-state index contributed by atoms with van der Waals surface area (Å²) >= 11 is 0. The average molecular weight is 418 g/mol. The van der Waals surface area contributed by atoms with Crippen molar-refractivity contribution >= 4 is 28.4 Å². The van der Waals surface area contributed by atoms with E-state index in [2.05, 4.69) is 34.6 Å². The van der Waals surface area contributed by atoms with Gasteiger partial charge in [0.15, 0.2) is 0 Å². The molecule has 0 unspecified atom stereocenters. The molecule has 0 aliphatic heterocycles. The van der Waals surface area contributed by atoms with Gasteiger partial charge in [-0.2, -0.15) is 9.97 Å². The molecule has 0 radical (unpaired) electrons. The third-order valence-electron chi connectivity index (χ3n) is 4.96. The van der Waals surface area contributed by atoms with Crippen molar-refractivity contribution < 1.29 is 5.11 Å². The van der Waals surface area contributed by atoms with Crippen LogP contribution in [0.15, 0.2) is 54.9 Å². The number of benzene rings is 2. The Bertz CT molecular complexity index is 1190. The molecular weight excluding hydrogens is 390 g/mol. The predicted octanol–water partition coefficient (Wildman–Crippen LogP) is 3.94. The number of nitrogens with one attached hydrogen (secondary N) is 2. The molecule has 2 aromatic heterocycles. The van der Waals surface area contributed by atoms with Crippen LogP contribution in [-0.4, -0.2) is 56.7 Å². The van der Waals surface area contributed by atoms with E-state index in [4.69, 9.17) is 9.97 Å². The van der Waals surface area contributed by atoms with Crippen molar-refractivity contribution in [1.82, 2.24) is 24.4 Å². The quantitative estimate of drug-likeness (QED) is 0.374. The largest absolute Gasteiger partial charge is 0.508 e. The first-order chi connectivity index (χ1) is 15.0. The van der Waals surface area contributed by atoms with Crippen molar-refractivity contribution in [2.45, 2.75) is 13.3 Å². The second kappa shape index (κ2) is 9.01. The lowest BCUT2D eigenvalue weighted by atomic mass is 10.2. The molecule has 31 heavy (non-hydrogen) atoms. The summed E-state index contributed by atoms with van der Waals surface area (Å²) in [7, 11) is 4.12. The fraction of sp³-hybridized carbons (Fsp3) is 0.261. The Balaban J connectivity index is 1.69. The molecule has 0 amide bonds. The Hall–Kier alpha value is -3.65. The molecular formula is C23H27N7O. The van der Waals surface area contributed by atoms with Gasteiger partial charge in [0.2, 0.25) is 5.95 Å². The lowest BCUT2D eigenvalue weighted by Crippen LogP contribution is -2.17. The number of hydrogen-bond acceptors (Lipinski definition) is 7. The van der Waals surface area contributed by atoms with Crippen LogP contribution < -0.4 is 10.6 Å². The Labute approximate surface area is 181 Å². The zero-order valence-electron chi connectivity index (χ0n) is 18.0. The van der Waals surface area contributed by atoms with Gasteiger partial charge in [0.05, 0.1) is 11.0 Å². The van der Waals surface area contributed by atoms with Crippen LogP contribution in [0.3, 0.4) is 0 Å². The van der Waals surface area contributed by atoms with Gasteiger partial charge in [-0.25, -0.2) is 4.98 Å². The number of rotatable bonds is 8. The van der Waals surface area contributed by atoms with Gasteiger partial charge in [0.25, 0.3) is 0 Å². The second-order valence-electron chi connectivity index (χ2n) is 7.75. The third kappa shape index (κ3) is 4.92. The lowest BCUT2D eigenvalue weighted by Gasteiger charge is -2.14. The number of imidazole rings is 1. The van der Waals surface area contributed by atoms with Crippen LogP contribution in [0.25, 0.3) is 17.0 Å². The Morgan fingerprint density at radius 1 is 1.03 bits per heavy atom. The third-order valence-corrected chi connectivity index (χ3v) is 4.96. The smallest absolute Gasteiger partial charge is 0.239 e. The van der Waals surface area contributed by atoms with Gasteiger partial charge in [-0.05, 0) is 57.7 Å². The van der Waals surface area contributed by atoms with Crippen molar-refractivity contribution in [2.75, 3.05) is 37.8 Å². The van der Waals surface area contributed by atoms with Gasteiger partial charge in [-0.1, -0.05) is 18.2 Å². The summed E-state index contributed by atoms with van der Waals surface area (Å²) in [6, 6.07) is 15.0. The second-order valence-corrected chi connectivity index (χ2v) is 7.75. The molecule has 4 aromatic rings. The first-order valence-corrected chi connectivity index (χ1v) is 10.3. The summed E-state index contributed by atoms with van der Waals surface area (Å²) in [4.78, 5) is 16.1. The first-order valence-electron chi connectivity index (χ1n) is 10.3. The summed E-state index contributed by atoms with van der Waals surface area (Å²) in [5, 5.41) is 16.6. The minimum atomic E-state index is 0.199. The maximum absolute atomic E-state index is 9.88. The van der Waals surface area contributed by atoms with E-state index in [9.17, 15) is 5.11 Å². The van der Waals surface area contributed by atoms with Gasteiger partial charge in [-0.15, -0.1) is 0 Å². The minimum Gasteiger partial charge on any atom is -0.508 e. The highest BCUT2D eigenvalue weighted by Gasteiger charge is 2.11. The van der Waals surface area contributed by atoms with E-state index in [1.54, 1.807) is 18.5 Å². The number of phenols is 1. The fourth-order valence-corrected chi connectivity index (χ4v) is 3.31. The molecule has 0 aliphatic rings. The van der Waals surface area contributed by atoms with Crippen LogP contribution in [0.1, 0.15) is 12.0 Å². The molecule has 160 valence electrons. The molecule has 2 aromatic carbocycles. The lowest BCUT2D eigenvalue weighted by molar-refractivity contribution is 0.405. The van der Waals surface area contributed by atoms with E-state index in [-0.39, 0.29) is 5.75 Å². The van der Waals surface area contributed by atoms with Crippen molar-refractivity contribution in [1.29, 1.82) is 0 Å². The highest BCUT2D eigenvalue weighted by atomic mass is 16.3. The van der Waals surface area contributed by atoms with Crippen molar-refractivity contribution in [3.8, 4) is 11.7 Å². The van der Waals surface area contributed by atoms with Crippen molar-refractivity contribution in [3.63, 3.8) is 0 Å². The number of aryl methyl sites for hydroxylation is 1. The average Bonchev–Trinajstić information content (AvgIpc) is 3.18. The SMILES string of the molecule is Cc1ccc(O)cc1Nc1cc(NCCCN(C)C)nc(-n2cnc3ccccc32)n1. The van der Waals surface area contributed by atoms with Gasteiger partial charge in [-0.3, -0.25) is 4.57 Å². The van der Waals surface area contributed by atoms with Gasteiger partial charge in [0.1, 0.15) is 23.7 Å². The molecule has 0 aliphatic carbocycles. The van der Waals surface area contributed by atoms with Crippen LogP contribution in [0.5, 0.6) is 5.75 Å². The Morgan fingerprint density at radius 2 is 1.84 bits per heavy atom. The molecule has 8 nitrogen and oxygen atoms in total. The van der Waals surface area contributed by atoms with E-state index < -0.39 is 0 Å². The van der Waals surface area contributed by atoms with Crippen LogP contribution in [0.2, 0.25) is 0 Å². The number of anilines is 3. The molecule has 3 N–H and O–H groups in total. The van der Waals surface area contributed by atoms with E-state index in [0.717, 1.165) is 47.6 Å². The highest BCUT2D eigenvalue weighted by molar-refractivity contribution is 5.76. The van der Waals surface area contributed by atoms with E-state index in [1.165, 1.54) is 0 Å². The standard InChI is InChI=1S/C23H27N7O/c1-16-9-10-17(31)13-19(16)26-22-14-21(24-11-6-12-29(2)3)27-23(28-22)30-15-25-18-7-4-5-8-20(18)30/h4-5,7-10,13-15,31H,6,11-12H2,1-3H3,(H2,24,26,27,28). The predicted molar refractivity (Wildman–Crippen MR) is 124 cm³/mol. The summed E-state index contributed by atoms with van der Waals surface area (Å²) in [6.45, 7) is 3.77. The Morgan fingerprint density at radius 3 is 2.68 bits per heavy atom. The molecule has 2 heterocycles. The zero-order chi connectivity index (χ0) is 21.8. The van der Waals surface area contributed by atoms with Gasteiger partial charge in [0, 0.05) is 24.4 Å². The van der Waals surface area contributed by atoms with Crippen LogP contribution in [-0.2, 0) is 0 Å². The maximum atomic E-state index is 9.88. The summed E-state index contributed by atoms with van der Waals surface area (Å²) < 4.78 is 1.88. The number of para-hydroxylation sites is 2. The molecule has 0 fully saturated rings. The topological polar surface area (TPSA) is 91.1 Å². The number of aromatic hydroxyl groups is 1. The van der Waals surface area contributed by atoms with Gasteiger partial charge >= 0.3 is 0 Å². The highest BCUT2D eigenvalue weighted by Crippen LogP contribution is 2.26. The number of fused-ring (bicyclic) bond motifs is 1. The first kappa shape index (κ1) is 20.6. The fourth-order valence-electron chi connectivity index (χ4n) is 3.31. The summed E-state index contributed by atoms with van der Waals surface area (Å²) in [5.74, 6) is 2.07. The molecule has 0 saturated carbocycles. The Kier molecular flexibility index (Phi) is 5.99. The molecule has 8 heteroatoms. The van der Waals surface area contributed by atoms with Crippen molar-refractivity contribution in [2.24, 2.45) is 0 Å². The van der Waals surface area contributed by atoms with Crippen LogP contribution in [0.4, 0.5) is 17.3 Å². The molecule has 0 spiro atoms. The van der Waals surface area contributed by atoms with Gasteiger partial charge < -0.3 is 20.6 Å². The number of hydrogen-bond donors (Lipinski definition) is 3. The number of phenolic OH excluding ortho intramolecular Hbond substituents is 1. The monoisotopic (exact) mass is 417 g/mol.